The van der Waals surface area contributed by atoms with E-state index in [-0.39, 0.29) is 0 Å². The lowest BCUT2D eigenvalue weighted by molar-refractivity contribution is -0.351. The average Bonchev–Trinajstić information content (AvgIpc) is 2.98. The molecule has 0 aromatic heterocycles. The summed E-state index contributed by atoms with van der Waals surface area (Å²) >= 11 is 0. The van der Waals surface area contributed by atoms with Gasteiger partial charge in [0.2, 0.25) is 11.8 Å². The Morgan fingerprint density at radius 1 is 0.812 bits per heavy atom. The number of nitrogens with one attached hydrogen (secondary N) is 2. The zero-order valence-electron chi connectivity index (χ0n) is 25.1. The third-order valence-electron chi connectivity index (χ3n) is 6.96. The number of carbonyl (C=O) groups is 2. The highest BCUT2D eigenvalue weighted by atomic mass is 32.3. The van der Waals surface area contributed by atoms with Crippen molar-refractivity contribution in [3.63, 3.8) is 0 Å². The molecule has 14 atom stereocenters. The van der Waals surface area contributed by atoms with Crippen molar-refractivity contribution >= 4 is 32.6 Å². The summed E-state index contributed by atoms with van der Waals surface area (Å²) in [7, 11) is -10.5. The Bertz CT molecular complexity index is 1270. The normalized spacial score (nSPS) is 34.1. The third-order valence-corrected chi connectivity index (χ3v) is 7.86. The van der Waals surface area contributed by atoms with Crippen LogP contribution in [0.3, 0.4) is 0 Å². The van der Waals surface area contributed by atoms with Gasteiger partial charge in [-0.25, -0.2) is 8.37 Å². The van der Waals surface area contributed by atoms with Crippen molar-refractivity contribution in [1.82, 2.24) is 10.6 Å². The molecule has 0 spiro atoms. The van der Waals surface area contributed by atoms with Crippen molar-refractivity contribution in [2.24, 2.45) is 0 Å². The van der Waals surface area contributed by atoms with Crippen LogP contribution in [0.4, 0.5) is 0 Å². The lowest BCUT2D eigenvalue weighted by Crippen LogP contribution is -2.69. The molecular weight excluding hydrogens is 708 g/mol. The second kappa shape index (κ2) is 17.9. The van der Waals surface area contributed by atoms with E-state index in [1.807, 2.05) is 0 Å². The fourth-order valence-electron chi connectivity index (χ4n) is 4.85. The smallest absolute Gasteiger partial charge is 0.394 e. The number of hydrogen-bond donors (Lipinski definition) is 12. The molecule has 2 aliphatic rings. The van der Waals surface area contributed by atoms with Gasteiger partial charge in [0, 0.05) is 13.8 Å². The summed E-state index contributed by atoms with van der Waals surface area (Å²) in [4.78, 5) is 23.9. The first-order valence-electron chi connectivity index (χ1n) is 13.8. The Kier molecular flexibility index (Phi) is 15.8. The zero-order chi connectivity index (χ0) is 36.7. The summed E-state index contributed by atoms with van der Waals surface area (Å²) in [6.45, 7) is -2.42. The number of ether oxygens (including phenoxy) is 4. The summed E-state index contributed by atoms with van der Waals surface area (Å²) in [6, 6.07) is -3.37. The molecule has 0 aliphatic carbocycles. The van der Waals surface area contributed by atoms with Crippen LogP contribution in [0.25, 0.3) is 0 Å². The van der Waals surface area contributed by atoms with E-state index in [0.29, 0.717) is 0 Å². The van der Waals surface area contributed by atoms with Gasteiger partial charge in [0.15, 0.2) is 12.6 Å². The molecule has 12 N–H and O–H groups in total. The summed E-state index contributed by atoms with van der Waals surface area (Å²) in [5.41, 5.74) is 0. The van der Waals surface area contributed by atoms with Gasteiger partial charge in [-0.3, -0.25) is 18.7 Å². The van der Waals surface area contributed by atoms with Crippen LogP contribution in [-0.2, 0) is 57.7 Å². The SMILES string of the molecule is CC(=O)NC(CO)C(OC1OC(COS(=O)(=O)O)C(OC2OC(CO)C(OS(=O)(=O)O)C(O)C2O)C(O)C1NC(C)=O)C(O)C(O)CO. The van der Waals surface area contributed by atoms with Crippen LogP contribution in [0.1, 0.15) is 13.8 Å². The standard InChI is InChI=1S/C22H40N2O22S2/c1-7(28)23-9(3-25)18(14(31)10(30)4-26)44-21-13(24-8(2)29)15(32)19(12(43-21)6-41-47(35,36)37)45-22-17(34)16(33)20(11(5-27)42-22)46-48(38,39)40/h9-22,25-27,30-34H,3-6H2,1-2H3,(H,23,28)(H,24,29)(H,35,36,37)(H,38,39,40). The van der Waals surface area contributed by atoms with Crippen LogP contribution in [0.2, 0.25) is 0 Å². The predicted octanol–water partition coefficient (Wildman–Crippen LogP) is -8.00. The first kappa shape index (κ1) is 42.4. The second-order valence-electron chi connectivity index (χ2n) is 10.6. The molecule has 282 valence electrons. The van der Waals surface area contributed by atoms with Crippen molar-refractivity contribution in [2.45, 2.75) is 99.6 Å². The van der Waals surface area contributed by atoms with E-state index in [0.717, 1.165) is 13.8 Å². The lowest BCUT2D eigenvalue weighted by atomic mass is 9.95. The quantitative estimate of drug-likeness (QED) is 0.0614. The molecular formula is C22H40N2O22S2. The van der Waals surface area contributed by atoms with E-state index in [2.05, 4.69) is 19.0 Å². The van der Waals surface area contributed by atoms with Crippen LogP contribution in [0, 0.1) is 0 Å². The molecule has 26 heteroatoms. The highest BCUT2D eigenvalue weighted by Gasteiger charge is 2.54. The van der Waals surface area contributed by atoms with Gasteiger partial charge in [-0.1, -0.05) is 0 Å². The molecule has 24 nitrogen and oxygen atoms in total. The molecule has 2 fully saturated rings. The van der Waals surface area contributed by atoms with E-state index < -0.39 is 145 Å². The van der Waals surface area contributed by atoms with Gasteiger partial charge in [0.1, 0.15) is 67.1 Å². The number of aliphatic hydroxyl groups excluding tert-OH is 8. The van der Waals surface area contributed by atoms with Crippen LogP contribution >= 0.6 is 0 Å². The largest absolute Gasteiger partial charge is 0.397 e. The Morgan fingerprint density at radius 3 is 1.90 bits per heavy atom. The maximum absolute atomic E-state index is 12.1. The second-order valence-corrected chi connectivity index (χ2v) is 12.7. The first-order valence-corrected chi connectivity index (χ1v) is 16.5. The summed E-state index contributed by atoms with van der Waals surface area (Å²) in [6.07, 6.45) is -24.8. The van der Waals surface area contributed by atoms with E-state index in [1.54, 1.807) is 0 Å². The minimum Gasteiger partial charge on any atom is -0.394 e. The maximum Gasteiger partial charge on any atom is 0.397 e. The molecule has 2 rings (SSSR count). The van der Waals surface area contributed by atoms with Crippen molar-refractivity contribution in [3.8, 4) is 0 Å². The number of hydrogen-bond acceptors (Lipinski definition) is 20. The van der Waals surface area contributed by atoms with Crippen LogP contribution in [-0.4, -0.2) is 191 Å². The van der Waals surface area contributed by atoms with Crippen molar-refractivity contribution in [1.29, 1.82) is 0 Å². The molecule has 0 radical (unpaired) electrons. The number of amides is 2. The molecule has 0 bridgehead atoms. The van der Waals surface area contributed by atoms with Crippen molar-refractivity contribution in [3.05, 3.63) is 0 Å². The van der Waals surface area contributed by atoms with Crippen molar-refractivity contribution in [2.75, 3.05) is 26.4 Å². The zero-order valence-corrected chi connectivity index (χ0v) is 26.7. The first-order chi connectivity index (χ1) is 22.1. The Labute approximate surface area is 273 Å². The van der Waals surface area contributed by atoms with Gasteiger partial charge in [0.25, 0.3) is 0 Å². The lowest BCUT2D eigenvalue weighted by Gasteiger charge is -2.48. The molecule has 0 saturated carbocycles. The minimum absolute atomic E-state index is 0.775. The minimum atomic E-state index is -5.27. The van der Waals surface area contributed by atoms with E-state index in [9.17, 15) is 67.3 Å². The average molecular weight is 749 g/mol. The molecule has 2 saturated heterocycles. The van der Waals surface area contributed by atoms with Gasteiger partial charge in [0.05, 0.1) is 32.5 Å². The Hall–Kier alpha value is -1.80. The third kappa shape index (κ3) is 11.9. The van der Waals surface area contributed by atoms with Crippen LogP contribution in [0.15, 0.2) is 0 Å². The molecule has 2 aliphatic heterocycles. The van der Waals surface area contributed by atoms with E-state index in [1.165, 1.54) is 0 Å². The monoisotopic (exact) mass is 748 g/mol. The maximum atomic E-state index is 12.1. The van der Waals surface area contributed by atoms with Gasteiger partial charge < -0.3 is 70.4 Å². The molecule has 14 unspecified atom stereocenters. The highest BCUT2D eigenvalue weighted by molar-refractivity contribution is 7.81. The van der Waals surface area contributed by atoms with Crippen molar-refractivity contribution < 1.29 is 104 Å². The van der Waals surface area contributed by atoms with Gasteiger partial charge in [-0.05, 0) is 0 Å². The topological polar surface area (TPSA) is 384 Å². The number of aliphatic hydroxyl groups is 8. The molecule has 0 aromatic rings. The highest BCUT2D eigenvalue weighted by Crippen LogP contribution is 2.32. The molecule has 48 heavy (non-hydrogen) atoms. The van der Waals surface area contributed by atoms with Gasteiger partial charge in [-0.15, -0.1) is 0 Å². The van der Waals surface area contributed by atoms with Gasteiger partial charge in [-0.2, -0.15) is 16.8 Å². The van der Waals surface area contributed by atoms with E-state index >= 15 is 0 Å². The van der Waals surface area contributed by atoms with Gasteiger partial charge >= 0.3 is 20.8 Å². The molecule has 0 aromatic carbocycles. The van der Waals surface area contributed by atoms with E-state index in [4.69, 9.17) is 28.1 Å². The van der Waals surface area contributed by atoms with Crippen LogP contribution in [0.5, 0.6) is 0 Å². The summed E-state index contributed by atoms with van der Waals surface area (Å²) < 4.78 is 94.1. The number of rotatable bonds is 17. The summed E-state index contributed by atoms with van der Waals surface area (Å²) in [5, 5.41) is 86.6. The molecule has 2 amide bonds. The fraction of sp³-hybridized carbons (Fsp3) is 0.909. The van der Waals surface area contributed by atoms with Crippen LogP contribution < -0.4 is 10.6 Å². The summed E-state index contributed by atoms with van der Waals surface area (Å²) in [5.74, 6) is -1.66. The predicted molar refractivity (Wildman–Crippen MR) is 147 cm³/mol. The Morgan fingerprint density at radius 2 is 1.42 bits per heavy atom. The number of carbonyl (C=O) groups excluding carboxylic acids is 2. The fourth-order valence-corrected chi connectivity index (χ4v) is 5.67. The Balaban J connectivity index is 2.54. The molecule has 2 heterocycles.